The third-order valence-corrected chi connectivity index (χ3v) is 3.52. The van der Waals surface area contributed by atoms with Crippen LogP contribution in [0.2, 0.25) is 0 Å². The highest BCUT2D eigenvalue weighted by Gasteiger charge is 2.23. The second-order valence-corrected chi connectivity index (χ2v) is 5.19. The number of piperidine rings is 1. The summed E-state index contributed by atoms with van der Waals surface area (Å²) in [7, 11) is 0. The standard InChI is InChI=1S/C14H19FN2O/c1-9-4-3-5-17(8-9)14(18)11-7-13(16)12(15)6-10(11)2/h6-7,9H,3-5,8,16H2,1-2H3. The number of nitrogen functional groups attached to an aromatic ring is 1. The van der Waals surface area contributed by atoms with Crippen molar-refractivity contribution in [3.63, 3.8) is 0 Å². The predicted octanol–water partition coefficient (Wildman–Crippen LogP) is 2.59. The lowest BCUT2D eigenvalue weighted by Crippen LogP contribution is -2.39. The molecule has 2 N–H and O–H groups in total. The lowest BCUT2D eigenvalue weighted by Gasteiger charge is -2.31. The van der Waals surface area contributed by atoms with Gasteiger partial charge in [-0.25, -0.2) is 4.39 Å². The van der Waals surface area contributed by atoms with Crippen LogP contribution in [0.5, 0.6) is 0 Å². The summed E-state index contributed by atoms with van der Waals surface area (Å²) in [6, 6.07) is 2.78. The quantitative estimate of drug-likeness (QED) is 0.779. The highest BCUT2D eigenvalue weighted by atomic mass is 19.1. The van der Waals surface area contributed by atoms with Gasteiger partial charge in [0.2, 0.25) is 0 Å². The molecule has 0 aromatic heterocycles. The molecule has 1 fully saturated rings. The van der Waals surface area contributed by atoms with Crippen LogP contribution in [0.1, 0.15) is 35.7 Å². The smallest absolute Gasteiger partial charge is 0.254 e. The van der Waals surface area contributed by atoms with Gasteiger partial charge in [-0.3, -0.25) is 4.79 Å². The molecule has 0 bridgehead atoms. The van der Waals surface area contributed by atoms with Gasteiger partial charge in [-0.2, -0.15) is 0 Å². The third kappa shape index (κ3) is 2.47. The molecule has 1 aromatic carbocycles. The van der Waals surface area contributed by atoms with Crippen LogP contribution in [0.25, 0.3) is 0 Å². The molecule has 0 spiro atoms. The van der Waals surface area contributed by atoms with Crippen LogP contribution < -0.4 is 5.73 Å². The fourth-order valence-electron chi connectivity index (χ4n) is 2.46. The minimum absolute atomic E-state index is 0.0361. The maximum atomic E-state index is 13.3. The van der Waals surface area contributed by atoms with Crippen LogP contribution in [0, 0.1) is 18.7 Å². The number of halogens is 1. The number of carbonyl (C=O) groups is 1. The fourth-order valence-corrected chi connectivity index (χ4v) is 2.46. The average molecular weight is 250 g/mol. The van der Waals surface area contributed by atoms with E-state index >= 15 is 0 Å². The van der Waals surface area contributed by atoms with Gasteiger partial charge in [0.1, 0.15) is 5.82 Å². The molecule has 4 heteroatoms. The Morgan fingerprint density at radius 1 is 1.50 bits per heavy atom. The van der Waals surface area contributed by atoms with Crippen LogP contribution in [-0.4, -0.2) is 23.9 Å². The number of aryl methyl sites for hydroxylation is 1. The molecule has 3 nitrogen and oxygen atoms in total. The zero-order chi connectivity index (χ0) is 13.3. The zero-order valence-electron chi connectivity index (χ0n) is 10.9. The molecule has 0 radical (unpaired) electrons. The number of nitrogens with zero attached hydrogens (tertiary/aromatic N) is 1. The molecule has 1 unspecified atom stereocenters. The Bertz CT molecular complexity index is 473. The van der Waals surface area contributed by atoms with Crippen molar-refractivity contribution in [2.75, 3.05) is 18.8 Å². The van der Waals surface area contributed by atoms with Crippen molar-refractivity contribution < 1.29 is 9.18 Å². The van der Waals surface area contributed by atoms with Gasteiger partial charge in [0, 0.05) is 18.7 Å². The monoisotopic (exact) mass is 250 g/mol. The summed E-state index contributed by atoms with van der Waals surface area (Å²) in [5.74, 6) is 0.0302. The summed E-state index contributed by atoms with van der Waals surface area (Å²) < 4.78 is 13.3. The Labute approximate surface area is 107 Å². The minimum atomic E-state index is -0.462. The number of benzene rings is 1. The summed E-state index contributed by atoms with van der Waals surface area (Å²) in [5.41, 5.74) is 6.73. The van der Waals surface area contributed by atoms with E-state index in [0.717, 1.165) is 25.9 Å². The van der Waals surface area contributed by atoms with Crippen LogP contribution in [-0.2, 0) is 0 Å². The first-order valence-corrected chi connectivity index (χ1v) is 6.34. The van der Waals surface area contributed by atoms with Crippen LogP contribution in [0.3, 0.4) is 0 Å². The normalized spacial score (nSPS) is 19.9. The molecule has 1 atom stereocenters. The van der Waals surface area contributed by atoms with E-state index in [1.165, 1.54) is 12.1 Å². The average Bonchev–Trinajstić information content (AvgIpc) is 2.33. The lowest BCUT2D eigenvalue weighted by atomic mass is 9.98. The van der Waals surface area contributed by atoms with Crippen molar-refractivity contribution in [3.05, 3.63) is 29.1 Å². The van der Waals surface area contributed by atoms with Crippen molar-refractivity contribution in [2.45, 2.75) is 26.7 Å². The molecule has 1 aliphatic rings. The maximum Gasteiger partial charge on any atom is 0.254 e. The minimum Gasteiger partial charge on any atom is -0.396 e. The maximum absolute atomic E-state index is 13.3. The summed E-state index contributed by atoms with van der Waals surface area (Å²) in [6.45, 7) is 5.43. The highest BCUT2D eigenvalue weighted by Crippen LogP contribution is 2.22. The van der Waals surface area contributed by atoms with Crippen molar-refractivity contribution >= 4 is 11.6 Å². The van der Waals surface area contributed by atoms with E-state index in [9.17, 15) is 9.18 Å². The molecular formula is C14H19FN2O. The Kier molecular flexibility index (Phi) is 3.55. The van der Waals surface area contributed by atoms with E-state index < -0.39 is 5.82 Å². The molecular weight excluding hydrogens is 231 g/mol. The first-order valence-electron chi connectivity index (χ1n) is 6.34. The van der Waals surface area contributed by atoms with Gasteiger partial charge in [-0.05, 0) is 43.4 Å². The molecule has 1 heterocycles. The number of carbonyl (C=O) groups excluding carboxylic acids is 1. The van der Waals surface area contributed by atoms with Crippen molar-refractivity contribution in [3.8, 4) is 0 Å². The molecule has 0 aliphatic carbocycles. The van der Waals surface area contributed by atoms with Crippen molar-refractivity contribution in [1.29, 1.82) is 0 Å². The molecule has 1 aliphatic heterocycles. The van der Waals surface area contributed by atoms with Crippen LogP contribution in [0.4, 0.5) is 10.1 Å². The zero-order valence-corrected chi connectivity index (χ0v) is 10.9. The molecule has 18 heavy (non-hydrogen) atoms. The number of likely N-dealkylation sites (tertiary alicyclic amines) is 1. The Hall–Kier alpha value is -1.58. The van der Waals surface area contributed by atoms with Gasteiger partial charge in [0.25, 0.3) is 5.91 Å². The molecule has 2 rings (SSSR count). The fraction of sp³-hybridized carbons (Fsp3) is 0.500. The van der Waals surface area contributed by atoms with E-state index in [1.807, 2.05) is 4.90 Å². The van der Waals surface area contributed by atoms with Gasteiger partial charge in [0.05, 0.1) is 5.69 Å². The first kappa shape index (κ1) is 12.9. The van der Waals surface area contributed by atoms with Crippen LogP contribution >= 0.6 is 0 Å². The van der Waals surface area contributed by atoms with E-state index in [-0.39, 0.29) is 11.6 Å². The van der Waals surface area contributed by atoms with E-state index in [2.05, 4.69) is 6.92 Å². The third-order valence-electron chi connectivity index (χ3n) is 3.52. The van der Waals surface area contributed by atoms with Crippen LogP contribution in [0.15, 0.2) is 12.1 Å². The number of hydrogen-bond donors (Lipinski definition) is 1. The number of anilines is 1. The Morgan fingerprint density at radius 3 is 2.89 bits per heavy atom. The molecule has 1 saturated heterocycles. The summed E-state index contributed by atoms with van der Waals surface area (Å²) in [5, 5.41) is 0. The number of amides is 1. The Balaban J connectivity index is 2.25. The van der Waals surface area contributed by atoms with E-state index in [4.69, 9.17) is 5.73 Å². The molecule has 98 valence electrons. The number of rotatable bonds is 1. The predicted molar refractivity (Wildman–Crippen MR) is 69.9 cm³/mol. The highest BCUT2D eigenvalue weighted by molar-refractivity contribution is 5.96. The molecule has 1 aromatic rings. The van der Waals surface area contributed by atoms with Crippen molar-refractivity contribution in [1.82, 2.24) is 4.90 Å². The van der Waals surface area contributed by atoms with Gasteiger partial charge < -0.3 is 10.6 Å². The molecule has 1 amide bonds. The Morgan fingerprint density at radius 2 is 2.22 bits per heavy atom. The van der Waals surface area contributed by atoms with Gasteiger partial charge in [-0.15, -0.1) is 0 Å². The second-order valence-electron chi connectivity index (χ2n) is 5.19. The second kappa shape index (κ2) is 4.96. The topological polar surface area (TPSA) is 46.3 Å². The summed E-state index contributed by atoms with van der Waals surface area (Å²) in [6.07, 6.45) is 2.19. The first-order chi connectivity index (χ1) is 8.49. The lowest BCUT2D eigenvalue weighted by molar-refractivity contribution is 0.0682. The number of hydrogen-bond acceptors (Lipinski definition) is 2. The molecule has 0 saturated carbocycles. The van der Waals surface area contributed by atoms with Crippen molar-refractivity contribution in [2.24, 2.45) is 5.92 Å². The summed E-state index contributed by atoms with van der Waals surface area (Å²) in [4.78, 5) is 14.2. The van der Waals surface area contributed by atoms with Gasteiger partial charge in [-0.1, -0.05) is 6.92 Å². The summed E-state index contributed by atoms with van der Waals surface area (Å²) >= 11 is 0. The largest absolute Gasteiger partial charge is 0.396 e. The number of nitrogens with two attached hydrogens (primary N) is 1. The van der Waals surface area contributed by atoms with E-state index in [1.54, 1.807) is 6.92 Å². The van der Waals surface area contributed by atoms with Gasteiger partial charge in [0.15, 0.2) is 0 Å². The van der Waals surface area contributed by atoms with Gasteiger partial charge >= 0.3 is 0 Å². The SMILES string of the molecule is Cc1cc(F)c(N)cc1C(=O)N1CCCC(C)C1. The van der Waals surface area contributed by atoms with E-state index in [0.29, 0.717) is 17.0 Å².